The summed E-state index contributed by atoms with van der Waals surface area (Å²) in [7, 11) is 0. The second kappa shape index (κ2) is 8.58. The van der Waals surface area contributed by atoms with Gasteiger partial charge in [0.25, 0.3) is 0 Å². The molecular formula is C24H33N5O3. The first kappa shape index (κ1) is 22.3. The normalized spacial score (nSPS) is 18.8. The van der Waals surface area contributed by atoms with Crippen molar-refractivity contribution in [1.82, 2.24) is 19.8 Å². The summed E-state index contributed by atoms with van der Waals surface area (Å²) in [5, 5.41) is 3.02. The van der Waals surface area contributed by atoms with Crippen molar-refractivity contribution in [3.63, 3.8) is 0 Å². The SMILES string of the molecule is CC(C)(C)OC(=O)NC1CCN(C2(Cc3ccc(-n4ccc(N)nc4=O)cc3)CC2)CC1. The molecule has 8 heteroatoms. The predicted molar refractivity (Wildman–Crippen MR) is 124 cm³/mol. The number of hydrogen-bond donors (Lipinski definition) is 2. The summed E-state index contributed by atoms with van der Waals surface area (Å²) in [5.74, 6) is 0.226. The molecule has 1 saturated carbocycles. The Hall–Kier alpha value is -2.87. The van der Waals surface area contributed by atoms with Gasteiger partial charge in [0, 0.05) is 30.9 Å². The number of ether oxygens (including phenoxy) is 1. The van der Waals surface area contributed by atoms with Crippen LogP contribution in [0.4, 0.5) is 10.6 Å². The fourth-order valence-corrected chi connectivity index (χ4v) is 4.49. The van der Waals surface area contributed by atoms with Crippen LogP contribution in [0.2, 0.25) is 0 Å². The highest BCUT2D eigenvalue weighted by Gasteiger charge is 2.48. The van der Waals surface area contributed by atoms with Gasteiger partial charge in [-0.3, -0.25) is 9.47 Å². The largest absolute Gasteiger partial charge is 0.444 e. The topological polar surface area (TPSA) is 102 Å². The van der Waals surface area contributed by atoms with Crippen LogP contribution in [0.5, 0.6) is 0 Å². The minimum Gasteiger partial charge on any atom is -0.444 e. The molecule has 32 heavy (non-hydrogen) atoms. The van der Waals surface area contributed by atoms with E-state index in [9.17, 15) is 9.59 Å². The number of rotatable bonds is 5. The number of aromatic nitrogens is 2. The van der Waals surface area contributed by atoms with Gasteiger partial charge in [-0.25, -0.2) is 9.59 Å². The molecule has 3 N–H and O–H groups in total. The van der Waals surface area contributed by atoms with Crippen LogP contribution in [0.1, 0.15) is 52.0 Å². The molecule has 1 aromatic carbocycles. The Morgan fingerprint density at radius 1 is 1.19 bits per heavy atom. The van der Waals surface area contributed by atoms with Crippen molar-refractivity contribution in [2.45, 2.75) is 70.1 Å². The number of carbonyl (C=O) groups is 1. The maximum atomic E-state index is 12.1. The zero-order valence-electron chi connectivity index (χ0n) is 19.1. The first-order valence-electron chi connectivity index (χ1n) is 11.3. The van der Waals surface area contributed by atoms with Gasteiger partial charge in [-0.15, -0.1) is 0 Å². The van der Waals surface area contributed by atoms with E-state index in [-0.39, 0.29) is 29.2 Å². The van der Waals surface area contributed by atoms with E-state index in [1.807, 2.05) is 32.9 Å². The summed E-state index contributed by atoms with van der Waals surface area (Å²) in [6.45, 7) is 7.59. The maximum Gasteiger partial charge on any atom is 0.407 e. The summed E-state index contributed by atoms with van der Waals surface area (Å²) >= 11 is 0. The van der Waals surface area contributed by atoms with E-state index in [0.29, 0.717) is 0 Å². The van der Waals surface area contributed by atoms with Crippen LogP contribution in [0.15, 0.2) is 41.3 Å². The average Bonchev–Trinajstić information content (AvgIpc) is 3.48. The molecule has 0 bridgehead atoms. The molecule has 1 saturated heterocycles. The summed E-state index contributed by atoms with van der Waals surface area (Å²) in [6, 6.07) is 9.89. The molecule has 0 spiro atoms. The standard InChI is InChI=1S/C24H33N5O3/c1-23(2,3)32-22(31)26-18-8-13-28(14-9-18)24(11-12-24)16-17-4-6-19(7-5-17)29-15-10-20(25)27-21(29)30/h4-7,10,15,18H,8-9,11-14,16H2,1-3H3,(H,26,31)(H2,25,27,30). The first-order chi connectivity index (χ1) is 15.1. The fraction of sp³-hybridized carbons (Fsp3) is 0.542. The van der Waals surface area contributed by atoms with Gasteiger partial charge in [0.2, 0.25) is 0 Å². The molecule has 2 heterocycles. The minimum absolute atomic E-state index is 0.169. The van der Waals surface area contributed by atoms with Crippen molar-refractivity contribution in [3.05, 3.63) is 52.6 Å². The molecule has 172 valence electrons. The molecule has 4 rings (SSSR count). The lowest BCUT2D eigenvalue weighted by atomic mass is 9.97. The third-order valence-electron chi connectivity index (χ3n) is 6.29. The number of carbonyl (C=O) groups excluding carboxylic acids is 1. The van der Waals surface area contributed by atoms with E-state index in [0.717, 1.165) is 38.0 Å². The zero-order valence-corrected chi connectivity index (χ0v) is 19.1. The van der Waals surface area contributed by atoms with Crippen molar-refractivity contribution in [3.8, 4) is 5.69 Å². The minimum atomic E-state index is -0.476. The average molecular weight is 440 g/mol. The molecule has 0 unspecified atom stereocenters. The molecule has 1 aromatic heterocycles. The van der Waals surface area contributed by atoms with Gasteiger partial charge in [-0.1, -0.05) is 12.1 Å². The van der Waals surface area contributed by atoms with Crippen LogP contribution >= 0.6 is 0 Å². The van der Waals surface area contributed by atoms with Gasteiger partial charge >= 0.3 is 11.8 Å². The first-order valence-corrected chi connectivity index (χ1v) is 11.3. The number of alkyl carbamates (subject to hydrolysis) is 1. The Labute approximate surface area is 188 Å². The molecule has 2 aliphatic rings. The van der Waals surface area contributed by atoms with E-state index in [1.165, 1.54) is 23.0 Å². The fourth-order valence-electron chi connectivity index (χ4n) is 4.49. The van der Waals surface area contributed by atoms with E-state index in [1.54, 1.807) is 12.3 Å². The number of nitrogen functional groups attached to an aromatic ring is 1. The van der Waals surface area contributed by atoms with Crippen LogP contribution in [-0.2, 0) is 11.2 Å². The van der Waals surface area contributed by atoms with Crippen molar-refractivity contribution < 1.29 is 9.53 Å². The number of nitrogens with two attached hydrogens (primary N) is 1. The van der Waals surface area contributed by atoms with Crippen molar-refractivity contribution in [2.75, 3.05) is 18.8 Å². The lowest BCUT2D eigenvalue weighted by Gasteiger charge is -2.38. The smallest absolute Gasteiger partial charge is 0.407 e. The maximum absolute atomic E-state index is 12.1. The van der Waals surface area contributed by atoms with Gasteiger partial charge in [0.1, 0.15) is 11.4 Å². The van der Waals surface area contributed by atoms with E-state index in [4.69, 9.17) is 10.5 Å². The summed E-state index contributed by atoms with van der Waals surface area (Å²) in [5.41, 5.74) is 6.99. The highest BCUT2D eigenvalue weighted by atomic mass is 16.6. The number of likely N-dealkylation sites (tertiary alicyclic amines) is 1. The van der Waals surface area contributed by atoms with Gasteiger partial charge in [0.15, 0.2) is 0 Å². The van der Waals surface area contributed by atoms with Crippen LogP contribution in [0.3, 0.4) is 0 Å². The van der Waals surface area contributed by atoms with Crippen LogP contribution < -0.4 is 16.7 Å². The Bertz CT molecular complexity index is 1010. The highest BCUT2D eigenvalue weighted by Crippen LogP contribution is 2.45. The number of piperidine rings is 1. The van der Waals surface area contributed by atoms with Gasteiger partial charge < -0.3 is 15.8 Å². The van der Waals surface area contributed by atoms with Gasteiger partial charge in [-0.2, -0.15) is 4.98 Å². The molecule has 1 amide bonds. The third-order valence-corrected chi connectivity index (χ3v) is 6.29. The molecule has 2 aromatic rings. The third kappa shape index (κ3) is 5.30. The number of anilines is 1. The Morgan fingerprint density at radius 3 is 2.41 bits per heavy atom. The molecule has 1 aliphatic heterocycles. The molecule has 1 aliphatic carbocycles. The second-order valence-corrected chi connectivity index (χ2v) is 9.98. The Balaban J connectivity index is 1.33. The summed E-state index contributed by atoms with van der Waals surface area (Å²) < 4.78 is 6.88. The Morgan fingerprint density at radius 2 is 1.84 bits per heavy atom. The van der Waals surface area contributed by atoms with Crippen LogP contribution in [0.25, 0.3) is 5.69 Å². The van der Waals surface area contributed by atoms with Gasteiger partial charge in [0.05, 0.1) is 5.69 Å². The number of amides is 1. The molecule has 2 fully saturated rings. The molecule has 8 nitrogen and oxygen atoms in total. The number of hydrogen-bond acceptors (Lipinski definition) is 6. The van der Waals surface area contributed by atoms with E-state index < -0.39 is 5.60 Å². The van der Waals surface area contributed by atoms with Crippen LogP contribution in [-0.4, -0.2) is 50.8 Å². The highest BCUT2D eigenvalue weighted by molar-refractivity contribution is 5.68. The van der Waals surface area contributed by atoms with Gasteiger partial charge in [-0.05, 0) is 76.6 Å². The quantitative estimate of drug-likeness (QED) is 0.743. The van der Waals surface area contributed by atoms with Crippen molar-refractivity contribution in [1.29, 1.82) is 0 Å². The zero-order chi connectivity index (χ0) is 22.9. The predicted octanol–water partition coefficient (Wildman–Crippen LogP) is 2.88. The molecule has 0 radical (unpaired) electrons. The number of nitrogens with one attached hydrogen (secondary N) is 1. The molecular weight excluding hydrogens is 406 g/mol. The van der Waals surface area contributed by atoms with E-state index in [2.05, 4.69) is 27.3 Å². The van der Waals surface area contributed by atoms with Crippen LogP contribution in [0, 0.1) is 0 Å². The van der Waals surface area contributed by atoms with Crippen molar-refractivity contribution >= 4 is 11.9 Å². The summed E-state index contributed by atoms with van der Waals surface area (Å²) in [6.07, 6.45) is 6.58. The summed E-state index contributed by atoms with van der Waals surface area (Å²) in [4.78, 5) is 30.5. The molecule has 0 atom stereocenters. The second-order valence-electron chi connectivity index (χ2n) is 9.98. The number of nitrogens with zero attached hydrogens (tertiary/aromatic N) is 3. The lowest BCUT2D eigenvalue weighted by molar-refractivity contribution is 0.0462. The van der Waals surface area contributed by atoms with Crippen molar-refractivity contribution in [2.24, 2.45) is 0 Å². The Kier molecular flexibility index (Phi) is 5.99. The van der Waals surface area contributed by atoms with E-state index >= 15 is 0 Å². The monoisotopic (exact) mass is 439 g/mol. The number of benzene rings is 1. The lowest BCUT2D eigenvalue weighted by Crippen LogP contribution is -2.50.